The summed E-state index contributed by atoms with van der Waals surface area (Å²) in [6.45, 7) is 4.54. The summed E-state index contributed by atoms with van der Waals surface area (Å²) >= 11 is 0. The van der Waals surface area contributed by atoms with Gasteiger partial charge >= 0.3 is 29.6 Å². The predicted molar refractivity (Wildman–Crippen MR) is 191 cm³/mol. The molecule has 0 saturated carbocycles. The Labute approximate surface area is 301 Å². The Kier molecular flexibility index (Phi) is 26.1. The van der Waals surface area contributed by atoms with Gasteiger partial charge in [-0.2, -0.15) is 0 Å². The third kappa shape index (κ3) is 19.3. The fourth-order valence-corrected chi connectivity index (χ4v) is 7.84. The molecule has 0 bridgehead atoms. The maximum Gasteiger partial charge on any atom is 1.00 e. The van der Waals surface area contributed by atoms with Crippen molar-refractivity contribution in [3.8, 4) is 0 Å². The van der Waals surface area contributed by atoms with E-state index in [9.17, 15) is 13.0 Å². The van der Waals surface area contributed by atoms with Crippen LogP contribution in [0.5, 0.6) is 0 Å². The normalized spacial score (nSPS) is 11.7. The largest absolute Gasteiger partial charge is 1.00 e. The monoisotopic (exact) mass is 650 g/mol. The molecule has 0 aliphatic carbocycles. The molecule has 0 radical (unpaired) electrons. The average Bonchev–Trinajstić information content (AvgIpc) is 3.01. The van der Waals surface area contributed by atoms with Crippen LogP contribution in [0.2, 0.25) is 0 Å². The van der Waals surface area contributed by atoms with Crippen molar-refractivity contribution < 1.29 is 42.5 Å². The van der Waals surface area contributed by atoms with E-state index in [1.54, 1.807) is 0 Å². The van der Waals surface area contributed by atoms with Gasteiger partial charge in [0.05, 0.1) is 4.90 Å². The minimum atomic E-state index is -4.56. The van der Waals surface area contributed by atoms with Gasteiger partial charge in [-0.15, -0.1) is 0 Å². The van der Waals surface area contributed by atoms with Gasteiger partial charge in [-0.1, -0.05) is 198 Å². The van der Waals surface area contributed by atoms with Crippen LogP contribution in [0.15, 0.2) is 35.2 Å². The molecule has 0 N–H and O–H groups in total. The predicted octanol–water partition coefficient (Wildman–Crippen LogP) is 10.0. The molecule has 0 fully saturated rings. The van der Waals surface area contributed by atoms with Crippen LogP contribution < -0.4 is 29.6 Å². The third-order valence-electron chi connectivity index (χ3n) is 9.53. The molecular formula is C40H67NaO3S. The summed E-state index contributed by atoms with van der Waals surface area (Å²) in [6.07, 6.45) is 35.4. The first kappa shape index (κ1) is 42.6. The van der Waals surface area contributed by atoms with Crippen LogP contribution in [0.4, 0.5) is 0 Å². The van der Waals surface area contributed by atoms with Crippen molar-refractivity contribution in [3.05, 3.63) is 41.5 Å². The minimum Gasteiger partial charge on any atom is -0.744 e. The standard InChI is InChI=1S/C40H68O3S.Na/c1-3-5-7-9-11-13-15-17-19-21-23-25-27-31-36-35-37-32-29-30-34-39(37)40(44(41,42)43)38(36)33-28-26-24-22-20-18-16-14-12-10-8-6-4-2;/h29-30,32,34-35H,3-28,31,33H2,1-2H3,(H,41,42,43);/q;+1/p-1. The van der Waals surface area contributed by atoms with Crippen molar-refractivity contribution >= 4 is 20.9 Å². The molecule has 0 aromatic heterocycles. The Morgan fingerprint density at radius 2 is 0.867 bits per heavy atom. The second-order valence-corrected chi connectivity index (χ2v) is 14.8. The van der Waals surface area contributed by atoms with Gasteiger partial charge in [-0.3, -0.25) is 0 Å². The topological polar surface area (TPSA) is 57.2 Å². The molecule has 2 aromatic rings. The summed E-state index contributed by atoms with van der Waals surface area (Å²) in [4.78, 5) is 0.0548. The van der Waals surface area contributed by atoms with Crippen LogP contribution in [0.1, 0.15) is 192 Å². The molecule has 45 heavy (non-hydrogen) atoms. The van der Waals surface area contributed by atoms with Crippen molar-refractivity contribution in [3.63, 3.8) is 0 Å². The summed E-state index contributed by atoms with van der Waals surface area (Å²) < 4.78 is 37.8. The summed E-state index contributed by atoms with van der Waals surface area (Å²) in [7, 11) is -4.56. The third-order valence-corrected chi connectivity index (χ3v) is 10.5. The zero-order chi connectivity index (χ0) is 31.7. The van der Waals surface area contributed by atoms with E-state index < -0.39 is 10.1 Å². The molecule has 0 heterocycles. The van der Waals surface area contributed by atoms with Gasteiger partial charge < -0.3 is 4.55 Å². The smallest absolute Gasteiger partial charge is 0.744 e. The fourth-order valence-electron chi connectivity index (χ4n) is 6.85. The van der Waals surface area contributed by atoms with E-state index in [2.05, 4.69) is 19.9 Å². The first-order valence-corrected chi connectivity index (χ1v) is 20.4. The Bertz CT molecular complexity index is 1100. The Morgan fingerprint density at radius 3 is 1.27 bits per heavy atom. The van der Waals surface area contributed by atoms with Crippen molar-refractivity contribution in [2.24, 2.45) is 0 Å². The molecule has 3 nitrogen and oxygen atoms in total. The number of aryl methyl sites for hydroxylation is 1. The zero-order valence-corrected chi connectivity index (χ0v) is 32.6. The van der Waals surface area contributed by atoms with E-state index in [1.807, 2.05) is 24.3 Å². The molecule has 0 atom stereocenters. The van der Waals surface area contributed by atoms with Gasteiger partial charge in [-0.25, -0.2) is 8.42 Å². The van der Waals surface area contributed by atoms with Gasteiger partial charge in [0, 0.05) is 0 Å². The first-order valence-electron chi connectivity index (χ1n) is 19.0. The van der Waals surface area contributed by atoms with Gasteiger partial charge in [0.1, 0.15) is 10.1 Å². The molecule has 0 saturated heterocycles. The molecule has 2 rings (SSSR count). The van der Waals surface area contributed by atoms with Gasteiger partial charge in [0.25, 0.3) is 0 Å². The van der Waals surface area contributed by atoms with Crippen molar-refractivity contribution in [2.75, 3.05) is 0 Å². The number of unbranched alkanes of at least 4 members (excludes halogenated alkanes) is 24. The SMILES string of the molecule is CCCCCCCCCCCCCCCc1cc2ccccc2c(S(=O)(=O)[O-])c1CCCCCCCCCCCCCCC.[Na+]. The van der Waals surface area contributed by atoms with Gasteiger partial charge in [0.15, 0.2) is 0 Å². The first-order chi connectivity index (χ1) is 21.5. The summed E-state index contributed by atoms with van der Waals surface area (Å²) in [5.41, 5.74) is 1.89. The van der Waals surface area contributed by atoms with Crippen molar-refractivity contribution in [1.82, 2.24) is 0 Å². The van der Waals surface area contributed by atoms with Crippen LogP contribution in [-0.4, -0.2) is 13.0 Å². The summed E-state index contributed by atoms with van der Waals surface area (Å²) in [6, 6.07) is 9.71. The second-order valence-electron chi connectivity index (χ2n) is 13.5. The Balaban J connectivity index is 0.0000101. The molecule has 0 aliphatic rings. The van der Waals surface area contributed by atoms with Crippen LogP contribution in [0, 0.1) is 0 Å². The van der Waals surface area contributed by atoms with E-state index in [-0.39, 0.29) is 34.5 Å². The van der Waals surface area contributed by atoms with Gasteiger partial charge in [0.2, 0.25) is 0 Å². The van der Waals surface area contributed by atoms with E-state index in [0.29, 0.717) is 11.8 Å². The van der Waals surface area contributed by atoms with Crippen molar-refractivity contribution in [1.29, 1.82) is 0 Å². The molecular weight excluding hydrogens is 583 g/mol. The number of fused-ring (bicyclic) bond motifs is 1. The van der Waals surface area contributed by atoms with E-state index >= 15 is 0 Å². The molecule has 2 aromatic carbocycles. The number of hydrogen-bond acceptors (Lipinski definition) is 3. The molecule has 0 amide bonds. The van der Waals surface area contributed by atoms with E-state index in [1.165, 1.54) is 148 Å². The Morgan fingerprint density at radius 1 is 0.511 bits per heavy atom. The number of hydrogen-bond donors (Lipinski definition) is 0. The van der Waals surface area contributed by atoms with Crippen LogP contribution in [0.3, 0.4) is 0 Å². The van der Waals surface area contributed by atoms with Crippen molar-refractivity contribution in [2.45, 2.75) is 199 Å². The molecule has 0 aliphatic heterocycles. The van der Waals surface area contributed by atoms with Crippen LogP contribution in [0.25, 0.3) is 10.8 Å². The maximum atomic E-state index is 12.6. The van der Waals surface area contributed by atoms with E-state index in [4.69, 9.17) is 0 Å². The molecule has 0 unspecified atom stereocenters. The minimum absolute atomic E-state index is 0. The average molecular weight is 651 g/mol. The maximum absolute atomic E-state index is 12.6. The number of rotatable bonds is 29. The van der Waals surface area contributed by atoms with Gasteiger partial charge in [-0.05, 0) is 47.6 Å². The van der Waals surface area contributed by atoms with E-state index in [0.717, 1.165) is 42.2 Å². The number of benzene rings is 2. The zero-order valence-electron chi connectivity index (χ0n) is 29.8. The molecule has 252 valence electrons. The summed E-state index contributed by atoms with van der Waals surface area (Å²) in [5.74, 6) is 0. The molecule has 0 spiro atoms. The summed E-state index contributed by atoms with van der Waals surface area (Å²) in [5, 5.41) is 1.47. The van der Waals surface area contributed by atoms with Crippen LogP contribution >= 0.6 is 0 Å². The quantitative estimate of drug-likeness (QED) is 0.0500. The molecule has 5 heteroatoms. The van der Waals surface area contributed by atoms with Crippen LogP contribution in [-0.2, 0) is 23.0 Å². The Hall–Kier alpha value is -0.390. The second kappa shape index (κ2) is 27.5. The fraction of sp³-hybridized carbons (Fsp3) is 0.750.